The fourth-order valence-electron chi connectivity index (χ4n) is 1.67. The number of benzene rings is 2. The van der Waals surface area contributed by atoms with Crippen LogP contribution in [0.5, 0.6) is 11.5 Å². The molecule has 104 valence electrons. The summed E-state index contributed by atoms with van der Waals surface area (Å²) in [6, 6.07) is 11.0. The number of hydrogen-bond acceptors (Lipinski definition) is 3. The predicted octanol–water partition coefficient (Wildman–Crippen LogP) is 3.75. The molecule has 0 atom stereocenters. The molecule has 0 aliphatic rings. The highest BCUT2D eigenvalue weighted by Gasteiger charge is 2.16. The number of Topliss-reactive ketones (excluding diaryl/α,β-unsaturated/α-hetero) is 1. The van der Waals surface area contributed by atoms with Crippen molar-refractivity contribution in [1.29, 1.82) is 0 Å². The Bertz CT molecular complexity index is 628. The van der Waals surface area contributed by atoms with Gasteiger partial charge < -0.3 is 9.47 Å². The van der Waals surface area contributed by atoms with E-state index in [4.69, 9.17) is 21.1 Å². The zero-order chi connectivity index (χ0) is 14.5. The summed E-state index contributed by atoms with van der Waals surface area (Å²) in [5, 5.41) is 0.502. The summed E-state index contributed by atoms with van der Waals surface area (Å²) in [4.78, 5) is 11.9. The molecule has 2 aromatic rings. The van der Waals surface area contributed by atoms with Gasteiger partial charge in [-0.05, 0) is 30.3 Å². The molecule has 0 heterocycles. The van der Waals surface area contributed by atoms with Gasteiger partial charge in [0.05, 0.1) is 12.7 Å². The Balaban J connectivity index is 2.09. The molecule has 0 fully saturated rings. The van der Waals surface area contributed by atoms with Crippen molar-refractivity contribution in [1.82, 2.24) is 0 Å². The highest BCUT2D eigenvalue weighted by atomic mass is 35.5. The quantitative estimate of drug-likeness (QED) is 0.788. The van der Waals surface area contributed by atoms with Crippen molar-refractivity contribution < 1.29 is 18.7 Å². The van der Waals surface area contributed by atoms with Gasteiger partial charge in [0.15, 0.2) is 18.2 Å². The molecule has 2 aromatic carbocycles. The Labute approximate surface area is 120 Å². The highest BCUT2D eigenvalue weighted by Crippen LogP contribution is 2.21. The number of carbonyl (C=O) groups is 1. The lowest BCUT2D eigenvalue weighted by atomic mass is 10.1. The fourth-order valence-corrected chi connectivity index (χ4v) is 1.85. The lowest BCUT2D eigenvalue weighted by molar-refractivity contribution is 0.0916. The molecule has 0 aliphatic heterocycles. The van der Waals surface area contributed by atoms with E-state index >= 15 is 0 Å². The summed E-state index contributed by atoms with van der Waals surface area (Å²) in [6.07, 6.45) is 0. The maximum atomic E-state index is 13.9. The first kappa shape index (κ1) is 14.3. The summed E-state index contributed by atoms with van der Waals surface area (Å²) >= 11 is 5.80. The summed E-state index contributed by atoms with van der Waals surface area (Å²) in [7, 11) is 1.34. The molecular weight excluding hydrogens is 283 g/mol. The number of hydrogen-bond donors (Lipinski definition) is 0. The molecule has 0 aromatic heterocycles. The molecule has 0 aliphatic carbocycles. The first-order valence-electron chi connectivity index (χ1n) is 5.86. The van der Waals surface area contributed by atoms with Gasteiger partial charge >= 0.3 is 0 Å². The van der Waals surface area contributed by atoms with E-state index in [2.05, 4.69) is 0 Å². The molecule has 0 spiro atoms. The molecule has 0 saturated carbocycles. The largest absolute Gasteiger partial charge is 0.494 e. The molecule has 0 saturated heterocycles. The van der Waals surface area contributed by atoms with Crippen LogP contribution in [0.25, 0.3) is 0 Å². The van der Waals surface area contributed by atoms with E-state index in [1.54, 1.807) is 30.3 Å². The van der Waals surface area contributed by atoms with Gasteiger partial charge in [-0.15, -0.1) is 0 Å². The molecule has 20 heavy (non-hydrogen) atoms. The summed E-state index contributed by atoms with van der Waals surface area (Å²) in [5.74, 6) is -0.677. The van der Waals surface area contributed by atoms with Gasteiger partial charge in [0.1, 0.15) is 5.75 Å². The summed E-state index contributed by atoms with van der Waals surface area (Å²) in [6.45, 7) is -0.273. The highest BCUT2D eigenvalue weighted by molar-refractivity contribution is 6.30. The van der Waals surface area contributed by atoms with Gasteiger partial charge in [0, 0.05) is 5.02 Å². The zero-order valence-corrected chi connectivity index (χ0v) is 11.5. The van der Waals surface area contributed by atoms with Crippen molar-refractivity contribution in [2.75, 3.05) is 13.7 Å². The molecule has 0 radical (unpaired) electrons. The standard InChI is InChI=1S/C15H12ClFO3/c1-19-14-7-3-6-12(15(14)17)13(18)9-20-11-5-2-4-10(16)8-11/h2-8H,9H2,1H3. The Morgan fingerprint density at radius 3 is 2.70 bits per heavy atom. The third kappa shape index (κ3) is 3.27. The van der Waals surface area contributed by atoms with Crippen LogP contribution in [0.3, 0.4) is 0 Å². The Morgan fingerprint density at radius 1 is 1.25 bits per heavy atom. The van der Waals surface area contributed by atoms with Crippen LogP contribution < -0.4 is 9.47 Å². The Kier molecular flexibility index (Phi) is 4.58. The van der Waals surface area contributed by atoms with E-state index in [1.807, 2.05) is 0 Å². The van der Waals surface area contributed by atoms with Gasteiger partial charge in [-0.2, -0.15) is 0 Å². The van der Waals surface area contributed by atoms with Crippen LogP contribution in [0, 0.1) is 5.82 Å². The Morgan fingerprint density at radius 2 is 2.00 bits per heavy atom. The van der Waals surface area contributed by atoms with Gasteiger partial charge in [0.2, 0.25) is 5.78 Å². The third-order valence-electron chi connectivity index (χ3n) is 2.65. The zero-order valence-electron chi connectivity index (χ0n) is 10.7. The molecule has 3 nitrogen and oxygen atoms in total. The van der Waals surface area contributed by atoms with Crippen LogP contribution in [0.15, 0.2) is 42.5 Å². The van der Waals surface area contributed by atoms with Crippen LogP contribution in [0.4, 0.5) is 4.39 Å². The van der Waals surface area contributed by atoms with Crippen LogP contribution in [0.1, 0.15) is 10.4 Å². The van der Waals surface area contributed by atoms with Crippen LogP contribution in [-0.4, -0.2) is 19.5 Å². The molecular formula is C15H12ClFO3. The molecule has 2 rings (SSSR count). The molecule has 0 amide bonds. The molecule has 0 N–H and O–H groups in total. The molecule has 0 bridgehead atoms. The average molecular weight is 295 g/mol. The number of methoxy groups -OCH3 is 1. The predicted molar refractivity (Wildman–Crippen MR) is 74.2 cm³/mol. The van der Waals surface area contributed by atoms with Crippen molar-refractivity contribution in [3.8, 4) is 11.5 Å². The number of carbonyl (C=O) groups excluding carboxylic acids is 1. The Hall–Kier alpha value is -2.07. The van der Waals surface area contributed by atoms with Crippen molar-refractivity contribution in [3.05, 3.63) is 58.9 Å². The SMILES string of the molecule is COc1cccc(C(=O)COc2cccc(Cl)c2)c1F. The van der Waals surface area contributed by atoms with Crippen molar-refractivity contribution >= 4 is 17.4 Å². The van der Waals surface area contributed by atoms with Crippen LogP contribution >= 0.6 is 11.6 Å². The van der Waals surface area contributed by atoms with Gasteiger partial charge in [0.25, 0.3) is 0 Å². The van der Waals surface area contributed by atoms with Crippen LogP contribution in [-0.2, 0) is 0 Å². The van der Waals surface area contributed by atoms with E-state index in [0.29, 0.717) is 10.8 Å². The number of ketones is 1. The van der Waals surface area contributed by atoms with Crippen molar-refractivity contribution in [2.24, 2.45) is 0 Å². The van der Waals surface area contributed by atoms with Gasteiger partial charge in [-0.3, -0.25) is 4.79 Å². The average Bonchev–Trinajstić information content (AvgIpc) is 2.45. The fraction of sp³-hybridized carbons (Fsp3) is 0.133. The second-order valence-electron chi connectivity index (χ2n) is 3.99. The minimum atomic E-state index is -0.685. The number of ether oxygens (including phenoxy) is 2. The van der Waals surface area contributed by atoms with Gasteiger partial charge in [-0.1, -0.05) is 23.7 Å². The van der Waals surface area contributed by atoms with E-state index in [9.17, 15) is 9.18 Å². The second-order valence-corrected chi connectivity index (χ2v) is 4.43. The van der Waals surface area contributed by atoms with E-state index in [0.717, 1.165) is 0 Å². The van der Waals surface area contributed by atoms with E-state index < -0.39 is 11.6 Å². The minimum absolute atomic E-state index is 0.0265. The number of halogens is 2. The van der Waals surface area contributed by atoms with Crippen molar-refractivity contribution in [3.63, 3.8) is 0 Å². The summed E-state index contributed by atoms with van der Waals surface area (Å²) in [5.41, 5.74) is -0.0635. The minimum Gasteiger partial charge on any atom is -0.494 e. The monoisotopic (exact) mass is 294 g/mol. The lowest BCUT2D eigenvalue weighted by Gasteiger charge is -2.08. The van der Waals surface area contributed by atoms with E-state index in [1.165, 1.54) is 19.2 Å². The second kappa shape index (κ2) is 6.39. The first-order chi connectivity index (χ1) is 9.61. The molecule has 5 heteroatoms. The topological polar surface area (TPSA) is 35.5 Å². The van der Waals surface area contributed by atoms with E-state index in [-0.39, 0.29) is 17.9 Å². The van der Waals surface area contributed by atoms with Crippen LogP contribution in [0.2, 0.25) is 5.02 Å². The maximum absolute atomic E-state index is 13.9. The smallest absolute Gasteiger partial charge is 0.203 e. The molecule has 0 unspecified atom stereocenters. The van der Waals surface area contributed by atoms with Crippen molar-refractivity contribution in [2.45, 2.75) is 0 Å². The number of rotatable bonds is 5. The van der Waals surface area contributed by atoms with Gasteiger partial charge in [-0.25, -0.2) is 4.39 Å². The normalized spacial score (nSPS) is 10.2. The lowest BCUT2D eigenvalue weighted by Crippen LogP contribution is -2.13. The summed E-state index contributed by atoms with van der Waals surface area (Å²) < 4.78 is 24.0. The first-order valence-corrected chi connectivity index (χ1v) is 6.23. The maximum Gasteiger partial charge on any atom is 0.203 e. The third-order valence-corrected chi connectivity index (χ3v) is 2.88.